The summed E-state index contributed by atoms with van der Waals surface area (Å²) in [5.41, 5.74) is 1.22. The van der Waals surface area contributed by atoms with Crippen LogP contribution in [0.15, 0.2) is 29.8 Å². The van der Waals surface area contributed by atoms with E-state index in [2.05, 4.69) is 9.97 Å². The predicted octanol–water partition coefficient (Wildman–Crippen LogP) is 2.44. The third-order valence-electron chi connectivity index (χ3n) is 4.71. The van der Waals surface area contributed by atoms with Gasteiger partial charge in [-0.3, -0.25) is 9.78 Å². The average molecular weight is 359 g/mol. The fourth-order valence-corrected chi connectivity index (χ4v) is 4.06. The molecule has 0 bridgehead atoms. The first kappa shape index (κ1) is 16.6. The molecular weight excluding hydrogens is 338 g/mol. The Bertz CT molecular complexity index is 743. The number of hydrogen-bond acceptors (Lipinski definition) is 6. The van der Waals surface area contributed by atoms with E-state index in [9.17, 15) is 4.79 Å². The fourth-order valence-electron chi connectivity index (χ4n) is 3.47. The van der Waals surface area contributed by atoms with Gasteiger partial charge in [-0.15, -0.1) is 11.3 Å². The Morgan fingerprint density at radius 3 is 3.08 bits per heavy atom. The molecule has 25 heavy (non-hydrogen) atoms. The minimum Gasteiger partial charge on any atom is -0.372 e. The zero-order valence-electron chi connectivity index (χ0n) is 14.2. The van der Waals surface area contributed by atoms with Gasteiger partial charge in [0.25, 0.3) is 5.91 Å². The number of carbonyl (C=O) groups excluding carboxylic acids is 1. The highest BCUT2D eigenvalue weighted by molar-refractivity contribution is 7.09. The summed E-state index contributed by atoms with van der Waals surface area (Å²) in [6.07, 6.45) is 3.51. The smallest absolute Gasteiger partial charge is 0.272 e. The Balaban J connectivity index is 1.31. The lowest BCUT2D eigenvalue weighted by Crippen LogP contribution is -2.67. The van der Waals surface area contributed by atoms with Crippen LogP contribution in [0.25, 0.3) is 0 Å². The Morgan fingerprint density at radius 2 is 2.36 bits per heavy atom. The molecule has 2 aromatic rings. The topological polar surface area (TPSA) is 64.6 Å². The van der Waals surface area contributed by atoms with Gasteiger partial charge in [0.2, 0.25) is 0 Å². The monoisotopic (exact) mass is 359 g/mol. The van der Waals surface area contributed by atoms with Crippen molar-refractivity contribution in [3.63, 3.8) is 0 Å². The van der Waals surface area contributed by atoms with Crippen LogP contribution in [-0.4, -0.2) is 52.2 Å². The standard InChI is InChI=1S/C18H21N3O3S/c1-13-20-14(10-25-13)9-23-15-5-7-24-18(8-15)11-21(12-18)17(22)16-4-2-3-6-19-16/h2-4,6,10,15H,5,7-9,11-12H2,1H3/t15-/m1/s1. The molecule has 6 nitrogen and oxygen atoms in total. The first-order valence-corrected chi connectivity index (χ1v) is 9.38. The summed E-state index contributed by atoms with van der Waals surface area (Å²) in [5.74, 6) is -0.0317. The lowest BCUT2D eigenvalue weighted by molar-refractivity contribution is -0.188. The number of pyridine rings is 1. The van der Waals surface area contributed by atoms with Crippen LogP contribution in [0.2, 0.25) is 0 Å². The summed E-state index contributed by atoms with van der Waals surface area (Å²) in [6, 6.07) is 5.39. The summed E-state index contributed by atoms with van der Waals surface area (Å²) >= 11 is 1.64. The molecule has 0 unspecified atom stereocenters. The van der Waals surface area contributed by atoms with Crippen molar-refractivity contribution in [3.8, 4) is 0 Å². The van der Waals surface area contributed by atoms with Gasteiger partial charge in [0.05, 0.1) is 36.5 Å². The molecule has 132 valence electrons. The van der Waals surface area contributed by atoms with E-state index in [0.29, 0.717) is 32.0 Å². The van der Waals surface area contributed by atoms with Crippen LogP contribution < -0.4 is 0 Å². The highest BCUT2D eigenvalue weighted by atomic mass is 32.1. The number of hydrogen-bond donors (Lipinski definition) is 0. The molecule has 2 fully saturated rings. The Morgan fingerprint density at radius 1 is 1.48 bits per heavy atom. The molecular formula is C18H21N3O3S. The van der Waals surface area contributed by atoms with Crippen molar-refractivity contribution in [2.75, 3.05) is 19.7 Å². The summed E-state index contributed by atoms with van der Waals surface area (Å²) in [5, 5.41) is 3.10. The second-order valence-corrected chi connectivity index (χ2v) is 7.75. The summed E-state index contributed by atoms with van der Waals surface area (Å²) in [6.45, 7) is 4.43. The molecule has 4 heterocycles. The third-order valence-corrected chi connectivity index (χ3v) is 5.53. The number of likely N-dealkylation sites (tertiary alicyclic amines) is 1. The van der Waals surface area contributed by atoms with E-state index in [-0.39, 0.29) is 17.6 Å². The van der Waals surface area contributed by atoms with Crippen molar-refractivity contribution in [3.05, 3.63) is 46.2 Å². The number of rotatable bonds is 4. The second kappa shape index (κ2) is 6.82. The summed E-state index contributed by atoms with van der Waals surface area (Å²) < 4.78 is 12.0. The van der Waals surface area contributed by atoms with E-state index in [1.54, 1.807) is 28.5 Å². The van der Waals surface area contributed by atoms with E-state index < -0.39 is 0 Å². The molecule has 1 spiro atoms. The van der Waals surface area contributed by atoms with Crippen LogP contribution in [0.4, 0.5) is 0 Å². The maximum Gasteiger partial charge on any atom is 0.272 e. The van der Waals surface area contributed by atoms with E-state index in [0.717, 1.165) is 23.5 Å². The predicted molar refractivity (Wildman–Crippen MR) is 93.5 cm³/mol. The van der Waals surface area contributed by atoms with Crippen LogP contribution >= 0.6 is 11.3 Å². The number of nitrogens with zero attached hydrogens (tertiary/aromatic N) is 3. The lowest BCUT2D eigenvalue weighted by Gasteiger charge is -2.52. The molecule has 0 aromatic carbocycles. The molecule has 0 saturated carbocycles. The molecule has 2 aromatic heterocycles. The molecule has 7 heteroatoms. The van der Waals surface area contributed by atoms with Gasteiger partial charge in [-0.1, -0.05) is 6.07 Å². The second-order valence-electron chi connectivity index (χ2n) is 6.69. The van der Waals surface area contributed by atoms with Gasteiger partial charge in [-0.2, -0.15) is 0 Å². The van der Waals surface area contributed by atoms with Crippen LogP contribution in [0.5, 0.6) is 0 Å². The average Bonchev–Trinajstić information content (AvgIpc) is 3.03. The van der Waals surface area contributed by atoms with Crippen molar-refractivity contribution < 1.29 is 14.3 Å². The maximum absolute atomic E-state index is 12.4. The number of thiazole rings is 1. The third kappa shape index (κ3) is 3.58. The van der Waals surface area contributed by atoms with Gasteiger partial charge in [0, 0.05) is 24.6 Å². The van der Waals surface area contributed by atoms with Crippen LogP contribution in [-0.2, 0) is 16.1 Å². The van der Waals surface area contributed by atoms with Crippen molar-refractivity contribution >= 4 is 17.2 Å². The van der Waals surface area contributed by atoms with Gasteiger partial charge in [-0.05, 0) is 25.5 Å². The quantitative estimate of drug-likeness (QED) is 0.839. The number of ether oxygens (including phenoxy) is 2. The van der Waals surface area contributed by atoms with Gasteiger partial charge >= 0.3 is 0 Å². The van der Waals surface area contributed by atoms with Crippen molar-refractivity contribution in [2.24, 2.45) is 0 Å². The van der Waals surface area contributed by atoms with E-state index >= 15 is 0 Å². The minimum atomic E-state index is -0.259. The molecule has 2 saturated heterocycles. The maximum atomic E-state index is 12.4. The van der Waals surface area contributed by atoms with E-state index in [1.165, 1.54) is 0 Å². The number of amides is 1. The molecule has 0 aliphatic carbocycles. The van der Waals surface area contributed by atoms with Crippen molar-refractivity contribution in [2.45, 2.75) is 38.1 Å². The summed E-state index contributed by atoms with van der Waals surface area (Å²) in [7, 11) is 0. The van der Waals surface area contributed by atoms with E-state index in [4.69, 9.17) is 9.47 Å². The number of aromatic nitrogens is 2. The highest BCUT2D eigenvalue weighted by Crippen LogP contribution is 2.36. The molecule has 2 aliphatic heterocycles. The highest BCUT2D eigenvalue weighted by Gasteiger charge is 2.49. The van der Waals surface area contributed by atoms with Gasteiger partial charge in [0.15, 0.2) is 0 Å². The van der Waals surface area contributed by atoms with Crippen LogP contribution in [0.3, 0.4) is 0 Å². The van der Waals surface area contributed by atoms with Crippen molar-refractivity contribution in [1.82, 2.24) is 14.9 Å². The molecule has 2 aliphatic rings. The molecule has 1 atom stereocenters. The first-order valence-electron chi connectivity index (χ1n) is 8.50. The molecule has 4 rings (SSSR count). The van der Waals surface area contributed by atoms with Gasteiger partial charge in [-0.25, -0.2) is 4.98 Å². The van der Waals surface area contributed by atoms with E-state index in [1.807, 2.05) is 24.4 Å². The van der Waals surface area contributed by atoms with Gasteiger partial charge < -0.3 is 14.4 Å². The number of carbonyl (C=O) groups is 1. The molecule has 1 amide bonds. The lowest BCUT2D eigenvalue weighted by atomic mass is 9.84. The van der Waals surface area contributed by atoms with Crippen LogP contribution in [0, 0.1) is 6.92 Å². The SMILES string of the molecule is Cc1nc(CO[C@@H]2CCOC3(C2)CN(C(=O)c2ccccn2)C3)cs1. The zero-order chi connectivity index (χ0) is 17.3. The normalized spacial score (nSPS) is 22.0. The van der Waals surface area contributed by atoms with Gasteiger partial charge in [0.1, 0.15) is 11.3 Å². The Hall–Kier alpha value is -1.83. The first-order chi connectivity index (χ1) is 12.1. The minimum absolute atomic E-state index is 0.0317. The Labute approximate surface area is 150 Å². The largest absolute Gasteiger partial charge is 0.372 e. The number of aryl methyl sites for hydroxylation is 1. The fraction of sp³-hybridized carbons (Fsp3) is 0.500. The molecule has 0 radical (unpaired) electrons. The Kier molecular flexibility index (Phi) is 4.54. The van der Waals surface area contributed by atoms with Crippen LogP contribution in [0.1, 0.15) is 34.0 Å². The summed E-state index contributed by atoms with van der Waals surface area (Å²) in [4.78, 5) is 22.8. The zero-order valence-corrected chi connectivity index (χ0v) is 15.0. The van der Waals surface area contributed by atoms with Crippen molar-refractivity contribution in [1.29, 1.82) is 0 Å². The molecule has 0 N–H and O–H groups in total.